The Kier molecular flexibility index (Phi) is 7.11. The van der Waals surface area contributed by atoms with Crippen molar-refractivity contribution in [1.29, 1.82) is 0 Å². The molecule has 0 aliphatic carbocycles. The summed E-state index contributed by atoms with van der Waals surface area (Å²) in [6.45, 7) is 8.08. The van der Waals surface area contributed by atoms with E-state index in [0.29, 0.717) is 0 Å². The van der Waals surface area contributed by atoms with E-state index in [9.17, 15) is 4.79 Å². The summed E-state index contributed by atoms with van der Waals surface area (Å²) >= 11 is 0. The maximum absolute atomic E-state index is 13.0. The summed E-state index contributed by atoms with van der Waals surface area (Å²) in [5.74, 6) is 0.916. The fourth-order valence-electron chi connectivity index (χ4n) is 3.93. The zero-order chi connectivity index (χ0) is 21.5. The Morgan fingerprint density at radius 2 is 2.03 bits per heavy atom. The minimum Gasteiger partial charge on any atom is -0.380 e. The van der Waals surface area contributed by atoms with Crippen molar-refractivity contribution in [2.24, 2.45) is 0 Å². The van der Waals surface area contributed by atoms with Crippen molar-refractivity contribution < 1.29 is 9.53 Å². The number of amides is 1. The molecule has 1 saturated heterocycles. The van der Waals surface area contributed by atoms with Gasteiger partial charge in [0.1, 0.15) is 11.5 Å². The van der Waals surface area contributed by atoms with E-state index >= 15 is 0 Å². The zero-order valence-electron chi connectivity index (χ0n) is 18.0. The van der Waals surface area contributed by atoms with Crippen molar-refractivity contribution in [3.05, 3.63) is 48.9 Å². The molecule has 1 amide bonds. The van der Waals surface area contributed by atoms with Crippen molar-refractivity contribution in [2.45, 2.75) is 13.3 Å². The minimum atomic E-state index is 0.106. The minimum absolute atomic E-state index is 0.106. The number of ether oxygens (including phenoxy) is 1. The maximum Gasteiger partial charge on any atom is 0.241 e. The van der Waals surface area contributed by atoms with Gasteiger partial charge in [0, 0.05) is 50.7 Å². The van der Waals surface area contributed by atoms with Crippen LogP contribution in [0, 0.1) is 0 Å². The highest BCUT2D eigenvalue weighted by atomic mass is 16.5. The lowest BCUT2D eigenvalue weighted by molar-refractivity contribution is -0.129. The number of nitrogens with one attached hydrogen (secondary N) is 1. The monoisotopic (exact) mass is 422 g/mol. The highest BCUT2D eigenvalue weighted by molar-refractivity contribution is 5.83. The second kappa shape index (κ2) is 10.4. The largest absolute Gasteiger partial charge is 0.380 e. The molecule has 8 nitrogen and oxygen atoms in total. The average Bonchev–Trinajstić information content (AvgIpc) is 3.01. The third-order valence-electron chi connectivity index (χ3n) is 5.58. The number of hydrogen-bond donors (Lipinski definition) is 1. The first-order valence-corrected chi connectivity index (χ1v) is 11.0. The molecule has 3 aromatic rings. The summed E-state index contributed by atoms with van der Waals surface area (Å²) in [6, 6.07) is 10.00. The van der Waals surface area contributed by atoms with E-state index in [1.165, 1.54) is 0 Å². The van der Waals surface area contributed by atoms with Crippen molar-refractivity contribution in [3.63, 3.8) is 0 Å². The molecule has 1 aliphatic rings. The van der Waals surface area contributed by atoms with Gasteiger partial charge in [-0.2, -0.15) is 0 Å². The third-order valence-corrected chi connectivity index (χ3v) is 5.58. The van der Waals surface area contributed by atoms with Crippen molar-refractivity contribution in [3.8, 4) is 11.3 Å². The van der Waals surface area contributed by atoms with Crippen LogP contribution in [-0.4, -0.2) is 82.6 Å². The van der Waals surface area contributed by atoms with Gasteiger partial charge in [0.2, 0.25) is 5.91 Å². The standard InChI is InChI=1S/C23H30N6O2/c1-2-31-16-15-27-10-6-11-28(14-13-27)21(30)18-25-23-22(19-7-4-3-5-8-19)26-20-17-24-9-12-29(20)23/h3-5,7-9,12,17,25H,2,6,10-11,13-16,18H2,1H3. The van der Waals surface area contributed by atoms with Gasteiger partial charge in [0.15, 0.2) is 5.65 Å². The molecular formula is C23H30N6O2. The van der Waals surface area contributed by atoms with Crippen LogP contribution in [0.3, 0.4) is 0 Å². The van der Waals surface area contributed by atoms with Crippen LogP contribution in [0.2, 0.25) is 0 Å². The van der Waals surface area contributed by atoms with Gasteiger partial charge in [-0.05, 0) is 19.9 Å². The van der Waals surface area contributed by atoms with E-state index in [1.54, 1.807) is 12.4 Å². The summed E-state index contributed by atoms with van der Waals surface area (Å²) < 4.78 is 7.41. The lowest BCUT2D eigenvalue weighted by Crippen LogP contribution is -2.39. The van der Waals surface area contributed by atoms with E-state index in [0.717, 1.165) is 75.1 Å². The molecule has 0 bridgehead atoms. The van der Waals surface area contributed by atoms with Gasteiger partial charge in [0.25, 0.3) is 0 Å². The first-order valence-electron chi connectivity index (χ1n) is 11.0. The third kappa shape index (κ3) is 5.21. The van der Waals surface area contributed by atoms with Gasteiger partial charge in [-0.1, -0.05) is 30.3 Å². The smallest absolute Gasteiger partial charge is 0.241 e. The Labute approximate surface area is 182 Å². The quantitative estimate of drug-likeness (QED) is 0.562. The Morgan fingerprint density at radius 3 is 2.87 bits per heavy atom. The Bertz CT molecular complexity index is 990. The van der Waals surface area contributed by atoms with Gasteiger partial charge in [-0.25, -0.2) is 4.98 Å². The normalized spacial score (nSPS) is 15.2. The zero-order valence-corrected chi connectivity index (χ0v) is 18.0. The SMILES string of the molecule is CCOCCN1CCCN(C(=O)CNc2c(-c3ccccc3)nc3cnccn23)CC1. The molecule has 1 N–H and O–H groups in total. The fourth-order valence-corrected chi connectivity index (χ4v) is 3.93. The number of hydrogen-bond acceptors (Lipinski definition) is 6. The number of carbonyl (C=O) groups excluding carboxylic acids is 1. The van der Waals surface area contributed by atoms with E-state index in [-0.39, 0.29) is 12.5 Å². The van der Waals surface area contributed by atoms with Crippen LogP contribution in [0.4, 0.5) is 5.82 Å². The molecule has 4 rings (SSSR count). The lowest BCUT2D eigenvalue weighted by atomic mass is 10.1. The molecule has 0 saturated carbocycles. The first-order chi connectivity index (χ1) is 15.3. The molecule has 0 radical (unpaired) electrons. The second-order valence-electron chi connectivity index (χ2n) is 7.61. The van der Waals surface area contributed by atoms with E-state index in [2.05, 4.69) is 15.2 Å². The van der Waals surface area contributed by atoms with Crippen molar-refractivity contribution in [2.75, 3.05) is 57.8 Å². The number of aromatic nitrogens is 3. The lowest BCUT2D eigenvalue weighted by Gasteiger charge is -2.22. The van der Waals surface area contributed by atoms with Crippen LogP contribution in [0.25, 0.3) is 16.9 Å². The molecule has 8 heteroatoms. The van der Waals surface area contributed by atoms with Crippen LogP contribution in [0.1, 0.15) is 13.3 Å². The van der Waals surface area contributed by atoms with Crippen molar-refractivity contribution in [1.82, 2.24) is 24.2 Å². The predicted molar refractivity (Wildman–Crippen MR) is 121 cm³/mol. The van der Waals surface area contributed by atoms with Crippen LogP contribution in [0.5, 0.6) is 0 Å². The van der Waals surface area contributed by atoms with Gasteiger partial charge in [-0.15, -0.1) is 0 Å². The molecule has 0 unspecified atom stereocenters. The average molecular weight is 423 g/mol. The molecule has 164 valence electrons. The highest BCUT2D eigenvalue weighted by Crippen LogP contribution is 2.28. The van der Waals surface area contributed by atoms with Crippen LogP contribution in [-0.2, 0) is 9.53 Å². The van der Waals surface area contributed by atoms with Gasteiger partial charge in [-0.3, -0.25) is 19.1 Å². The molecule has 31 heavy (non-hydrogen) atoms. The maximum atomic E-state index is 13.0. The van der Waals surface area contributed by atoms with E-state index in [4.69, 9.17) is 9.72 Å². The summed E-state index contributed by atoms with van der Waals surface area (Å²) in [4.78, 5) is 26.2. The van der Waals surface area contributed by atoms with Crippen LogP contribution >= 0.6 is 0 Å². The summed E-state index contributed by atoms with van der Waals surface area (Å²) in [5, 5.41) is 3.35. The molecule has 3 heterocycles. The molecule has 1 aromatic carbocycles. The second-order valence-corrected chi connectivity index (χ2v) is 7.61. The Hall–Kier alpha value is -2.97. The topological polar surface area (TPSA) is 75.0 Å². The highest BCUT2D eigenvalue weighted by Gasteiger charge is 2.20. The molecular weight excluding hydrogens is 392 g/mol. The fraction of sp³-hybridized carbons (Fsp3) is 0.435. The first kappa shape index (κ1) is 21.3. The number of fused-ring (bicyclic) bond motifs is 1. The number of anilines is 1. The van der Waals surface area contributed by atoms with Gasteiger partial charge < -0.3 is 15.0 Å². The number of carbonyl (C=O) groups is 1. The van der Waals surface area contributed by atoms with Crippen LogP contribution in [0.15, 0.2) is 48.9 Å². The summed E-state index contributed by atoms with van der Waals surface area (Å²) in [5.41, 5.74) is 2.57. The summed E-state index contributed by atoms with van der Waals surface area (Å²) in [6.07, 6.45) is 6.30. The van der Waals surface area contributed by atoms with Gasteiger partial charge >= 0.3 is 0 Å². The molecule has 0 atom stereocenters. The Balaban J connectivity index is 1.43. The molecule has 2 aromatic heterocycles. The van der Waals surface area contributed by atoms with Crippen molar-refractivity contribution >= 4 is 17.4 Å². The molecule has 0 spiro atoms. The van der Waals surface area contributed by atoms with E-state index in [1.807, 2.05) is 52.8 Å². The number of rotatable bonds is 8. The summed E-state index contributed by atoms with van der Waals surface area (Å²) in [7, 11) is 0. The van der Waals surface area contributed by atoms with Crippen LogP contribution < -0.4 is 5.32 Å². The Morgan fingerprint density at radius 1 is 1.16 bits per heavy atom. The number of nitrogens with zero attached hydrogens (tertiary/aromatic N) is 5. The number of benzene rings is 1. The van der Waals surface area contributed by atoms with E-state index < -0.39 is 0 Å². The molecule has 1 aliphatic heterocycles. The van der Waals surface area contributed by atoms with Gasteiger partial charge in [0.05, 0.1) is 19.3 Å². The predicted octanol–water partition coefficient (Wildman–Crippen LogP) is 2.38. The number of imidazole rings is 1. The molecule has 1 fully saturated rings.